The molecule has 3 saturated carbocycles. The van der Waals surface area contributed by atoms with E-state index in [4.69, 9.17) is 9.47 Å². The van der Waals surface area contributed by atoms with Gasteiger partial charge in [0.05, 0.1) is 0 Å². The fourth-order valence-corrected chi connectivity index (χ4v) is 5.23. The van der Waals surface area contributed by atoms with Crippen LogP contribution in [-0.4, -0.2) is 27.4 Å². The van der Waals surface area contributed by atoms with E-state index in [2.05, 4.69) is 0 Å². The van der Waals surface area contributed by atoms with Gasteiger partial charge in [0, 0.05) is 27.4 Å². The molecule has 0 spiro atoms. The summed E-state index contributed by atoms with van der Waals surface area (Å²) >= 11 is 0. The van der Waals surface area contributed by atoms with Crippen molar-refractivity contribution in [3.05, 3.63) is 0 Å². The zero-order chi connectivity index (χ0) is 11.1. The van der Waals surface area contributed by atoms with Gasteiger partial charge in [-0.2, -0.15) is 0 Å². The van der Waals surface area contributed by atoms with Gasteiger partial charge in [0.15, 0.2) is 0 Å². The summed E-state index contributed by atoms with van der Waals surface area (Å²) in [6.45, 7) is 2.00. The molecule has 0 aromatic rings. The molecule has 0 saturated heterocycles. The minimum Gasteiger partial charge on any atom is -0.384 e. The summed E-state index contributed by atoms with van der Waals surface area (Å²) < 4.78 is 10.8. The van der Waals surface area contributed by atoms with Crippen LogP contribution in [0.25, 0.3) is 0 Å². The first-order valence-electron chi connectivity index (χ1n) is 6.83. The average molecular weight is 224 g/mol. The van der Waals surface area contributed by atoms with Crippen LogP contribution < -0.4 is 0 Å². The fraction of sp³-hybridized carbons (Fsp3) is 1.00. The van der Waals surface area contributed by atoms with Gasteiger partial charge in [-0.05, 0) is 61.2 Å². The molecule has 0 aromatic carbocycles. The third-order valence-corrected chi connectivity index (χ3v) is 5.55. The number of methoxy groups -OCH3 is 2. The molecular weight excluding hydrogens is 200 g/mol. The molecule has 6 atom stereocenters. The van der Waals surface area contributed by atoms with Crippen molar-refractivity contribution in [2.75, 3.05) is 27.4 Å². The van der Waals surface area contributed by atoms with Crippen molar-refractivity contribution in [3.63, 3.8) is 0 Å². The summed E-state index contributed by atoms with van der Waals surface area (Å²) in [4.78, 5) is 0. The molecule has 6 unspecified atom stereocenters. The number of rotatable bonds is 4. The first-order chi connectivity index (χ1) is 7.85. The molecule has 0 aromatic heterocycles. The zero-order valence-electron chi connectivity index (χ0n) is 10.5. The highest BCUT2D eigenvalue weighted by atomic mass is 16.5. The highest BCUT2D eigenvalue weighted by Crippen LogP contribution is 2.62. The number of fused-ring (bicyclic) bond motifs is 5. The van der Waals surface area contributed by atoms with Gasteiger partial charge in [-0.3, -0.25) is 0 Å². The lowest BCUT2D eigenvalue weighted by atomic mass is 9.74. The van der Waals surface area contributed by atoms with E-state index in [9.17, 15) is 0 Å². The minimum atomic E-state index is 0.869. The molecule has 2 bridgehead atoms. The Morgan fingerprint density at radius 2 is 1.62 bits per heavy atom. The van der Waals surface area contributed by atoms with Gasteiger partial charge in [-0.1, -0.05) is 0 Å². The predicted octanol–water partition coefficient (Wildman–Crippen LogP) is 2.58. The van der Waals surface area contributed by atoms with Crippen LogP contribution >= 0.6 is 0 Å². The molecule has 0 aliphatic heterocycles. The molecule has 2 heteroatoms. The second-order valence-corrected chi connectivity index (χ2v) is 6.14. The van der Waals surface area contributed by atoms with Crippen LogP contribution in [0.3, 0.4) is 0 Å². The molecule has 0 heterocycles. The lowest BCUT2D eigenvalue weighted by Gasteiger charge is -2.33. The van der Waals surface area contributed by atoms with E-state index in [-0.39, 0.29) is 0 Å². The van der Waals surface area contributed by atoms with Crippen LogP contribution in [0, 0.1) is 35.5 Å². The van der Waals surface area contributed by atoms with E-state index in [1.807, 2.05) is 14.2 Å². The van der Waals surface area contributed by atoms with E-state index in [0.29, 0.717) is 0 Å². The van der Waals surface area contributed by atoms with Crippen LogP contribution in [0.4, 0.5) is 0 Å². The lowest BCUT2D eigenvalue weighted by molar-refractivity contribution is 0.0617. The van der Waals surface area contributed by atoms with Crippen molar-refractivity contribution in [3.8, 4) is 0 Å². The molecule has 3 aliphatic rings. The third-order valence-electron chi connectivity index (χ3n) is 5.55. The molecule has 0 radical (unpaired) electrons. The van der Waals surface area contributed by atoms with Crippen molar-refractivity contribution in [2.24, 2.45) is 35.5 Å². The largest absolute Gasteiger partial charge is 0.384 e. The smallest absolute Gasteiger partial charge is 0.0493 e. The van der Waals surface area contributed by atoms with Crippen molar-refractivity contribution in [1.82, 2.24) is 0 Å². The first-order valence-corrected chi connectivity index (χ1v) is 6.83. The summed E-state index contributed by atoms with van der Waals surface area (Å²) in [7, 11) is 3.71. The van der Waals surface area contributed by atoms with Crippen LogP contribution in [0.15, 0.2) is 0 Å². The normalized spacial score (nSPS) is 49.9. The molecule has 0 N–H and O–H groups in total. The lowest BCUT2D eigenvalue weighted by Crippen LogP contribution is -2.30. The maximum atomic E-state index is 5.39. The van der Waals surface area contributed by atoms with Gasteiger partial charge < -0.3 is 9.47 Å². The Balaban J connectivity index is 1.69. The molecule has 16 heavy (non-hydrogen) atoms. The van der Waals surface area contributed by atoms with Crippen molar-refractivity contribution in [2.45, 2.75) is 25.7 Å². The molecule has 92 valence electrons. The zero-order valence-corrected chi connectivity index (χ0v) is 10.5. The monoisotopic (exact) mass is 224 g/mol. The maximum Gasteiger partial charge on any atom is 0.0493 e. The Labute approximate surface area is 98.7 Å². The Morgan fingerprint density at radius 1 is 0.875 bits per heavy atom. The van der Waals surface area contributed by atoms with Crippen molar-refractivity contribution >= 4 is 0 Å². The van der Waals surface area contributed by atoms with Gasteiger partial charge in [-0.25, -0.2) is 0 Å². The Morgan fingerprint density at radius 3 is 2.38 bits per heavy atom. The highest BCUT2D eigenvalue weighted by Gasteiger charge is 2.56. The summed E-state index contributed by atoms with van der Waals surface area (Å²) in [6.07, 6.45) is 5.79. The quantitative estimate of drug-likeness (QED) is 0.730. The molecular formula is C14H24O2. The number of hydrogen-bond donors (Lipinski definition) is 0. The topological polar surface area (TPSA) is 18.5 Å². The molecule has 0 amide bonds. The third kappa shape index (κ3) is 1.53. The number of ether oxygens (including phenoxy) is 2. The molecule has 3 rings (SSSR count). The molecule has 3 fully saturated rings. The van der Waals surface area contributed by atoms with Crippen LogP contribution in [-0.2, 0) is 9.47 Å². The Bertz CT molecular complexity index is 253. The van der Waals surface area contributed by atoms with Gasteiger partial charge in [0.25, 0.3) is 0 Å². The van der Waals surface area contributed by atoms with Gasteiger partial charge in [0.2, 0.25) is 0 Å². The first kappa shape index (κ1) is 11.0. The van der Waals surface area contributed by atoms with Gasteiger partial charge >= 0.3 is 0 Å². The summed E-state index contributed by atoms with van der Waals surface area (Å²) in [5, 5.41) is 0. The van der Waals surface area contributed by atoms with E-state index in [1.165, 1.54) is 25.7 Å². The van der Waals surface area contributed by atoms with Crippen molar-refractivity contribution in [1.29, 1.82) is 0 Å². The molecule has 2 nitrogen and oxygen atoms in total. The highest BCUT2D eigenvalue weighted by molar-refractivity contribution is 5.05. The van der Waals surface area contributed by atoms with Crippen LogP contribution in [0.5, 0.6) is 0 Å². The SMILES string of the molecule is COCC1CC2CC1C1CCC(COC)C21. The Kier molecular flexibility index (Phi) is 2.97. The summed E-state index contributed by atoms with van der Waals surface area (Å²) in [5.41, 5.74) is 0. The van der Waals surface area contributed by atoms with E-state index in [1.54, 1.807) is 0 Å². The second-order valence-electron chi connectivity index (χ2n) is 6.14. The second kappa shape index (κ2) is 4.30. The fourth-order valence-electron chi connectivity index (χ4n) is 5.23. The van der Waals surface area contributed by atoms with Crippen molar-refractivity contribution < 1.29 is 9.47 Å². The summed E-state index contributed by atoms with van der Waals surface area (Å²) in [6, 6.07) is 0. The standard InChI is InChI=1S/C14H24O2/c1-15-7-9-3-4-12-13-6-10(14(9)12)5-11(13)8-16-2/h9-14H,3-8H2,1-2H3. The van der Waals surface area contributed by atoms with E-state index >= 15 is 0 Å². The maximum absolute atomic E-state index is 5.39. The van der Waals surface area contributed by atoms with Gasteiger partial charge in [0.1, 0.15) is 0 Å². The average Bonchev–Trinajstić information content (AvgIpc) is 2.90. The summed E-state index contributed by atoms with van der Waals surface area (Å²) in [5.74, 6) is 5.73. The van der Waals surface area contributed by atoms with Crippen LogP contribution in [0.2, 0.25) is 0 Å². The minimum absolute atomic E-state index is 0.869. The Hall–Kier alpha value is -0.0800. The van der Waals surface area contributed by atoms with Gasteiger partial charge in [-0.15, -0.1) is 0 Å². The van der Waals surface area contributed by atoms with E-state index in [0.717, 1.165) is 48.7 Å². The van der Waals surface area contributed by atoms with Crippen LogP contribution in [0.1, 0.15) is 25.7 Å². The number of hydrogen-bond acceptors (Lipinski definition) is 2. The van der Waals surface area contributed by atoms with E-state index < -0.39 is 0 Å². The predicted molar refractivity (Wildman–Crippen MR) is 63.2 cm³/mol. The molecule has 3 aliphatic carbocycles.